The van der Waals surface area contributed by atoms with Crippen molar-refractivity contribution in [3.63, 3.8) is 0 Å². The molecule has 0 saturated heterocycles. The lowest BCUT2D eigenvalue weighted by Gasteiger charge is -1.97. The second-order valence-electron chi connectivity index (χ2n) is 2.99. The van der Waals surface area contributed by atoms with E-state index in [-0.39, 0.29) is 18.3 Å². The third-order valence-electron chi connectivity index (χ3n) is 1.66. The highest BCUT2D eigenvalue weighted by Crippen LogP contribution is 2.27. The van der Waals surface area contributed by atoms with Gasteiger partial charge < -0.3 is 15.7 Å². The quantitative estimate of drug-likeness (QED) is 0.691. The highest BCUT2D eigenvalue weighted by atomic mass is 32.1. The van der Waals surface area contributed by atoms with Crippen molar-refractivity contribution in [1.82, 2.24) is 5.32 Å². The van der Waals surface area contributed by atoms with Gasteiger partial charge in [0.1, 0.15) is 0 Å². The number of thiophene rings is 1. The van der Waals surface area contributed by atoms with Gasteiger partial charge in [0, 0.05) is 14.0 Å². The van der Waals surface area contributed by atoms with E-state index in [1.165, 1.54) is 18.3 Å². The molecule has 0 radical (unpaired) electrons. The molecule has 0 aliphatic rings. The van der Waals surface area contributed by atoms with Crippen molar-refractivity contribution < 1.29 is 19.5 Å². The van der Waals surface area contributed by atoms with E-state index in [0.717, 1.165) is 10.6 Å². The monoisotopic (exact) mass is 258 g/mol. The summed E-state index contributed by atoms with van der Waals surface area (Å²) in [6.07, 6.45) is 0. The topological polar surface area (TPSA) is 95.5 Å². The Kier molecular flexibility index (Phi) is 6.57. The van der Waals surface area contributed by atoms with Crippen molar-refractivity contribution in [2.24, 2.45) is 0 Å². The van der Waals surface area contributed by atoms with Gasteiger partial charge in [0.15, 0.2) is 0 Å². The lowest BCUT2D eigenvalue weighted by atomic mass is 10.3. The van der Waals surface area contributed by atoms with Gasteiger partial charge >= 0.3 is 0 Å². The van der Waals surface area contributed by atoms with E-state index >= 15 is 0 Å². The summed E-state index contributed by atoms with van der Waals surface area (Å²) in [5.74, 6) is -0.256. The number of hydrogen-bond donors (Lipinski definition) is 3. The van der Waals surface area contributed by atoms with Gasteiger partial charge in [0.05, 0.1) is 9.88 Å². The number of carbonyl (C=O) groups is 3. The fourth-order valence-corrected chi connectivity index (χ4v) is 2.07. The molecule has 0 aromatic carbocycles. The smallest absolute Gasteiger partial charge is 0.290 e. The van der Waals surface area contributed by atoms with Crippen LogP contribution < -0.4 is 10.6 Å². The third kappa shape index (κ3) is 5.12. The molecule has 0 atom stereocenters. The van der Waals surface area contributed by atoms with E-state index in [4.69, 9.17) is 9.90 Å². The molecule has 0 spiro atoms. The minimum atomic E-state index is -0.250. The molecule has 0 saturated carbocycles. The molecule has 7 heteroatoms. The number of rotatable bonds is 2. The first-order chi connectivity index (χ1) is 7.96. The predicted molar refractivity (Wildman–Crippen MR) is 65.4 cm³/mol. The van der Waals surface area contributed by atoms with Crippen molar-refractivity contribution >= 4 is 34.6 Å². The maximum atomic E-state index is 11.3. The summed E-state index contributed by atoms with van der Waals surface area (Å²) in [7, 11) is 1.58. The van der Waals surface area contributed by atoms with Crippen LogP contribution in [0.1, 0.15) is 22.2 Å². The number of anilines is 1. The maximum absolute atomic E-state index is 11.3. The minimum Gasteiger partial charge on any atom is -0.483 e. The lowest BCUT2D eigenvalue weighted by molar-refractivity contribution is -0.123. The third-order valence-corrected chi connectivity index (χ3v) is 2.81. The second kappa shape index (κ2) is 7.39. The Labute approximate surface area is 103 Å². The molecule has 0 fully saturated rings. The van der Waals surface area contributed by atoms with Crippen LogP contribution in [0.4, 0.5) is 5.00 Å². The largest absolute Gasteiger partial charge is 0.483 e. The van der Waals surface area contributed by atoms with Crippen LogP contribution in [0.25, 0.3) is 0 Å². The molecular weight excluding hydrogens is 244 g/mol. The molecule has 1 aromatic heterocycles. The average molecular weight is 258 g/mol. The minimum absolute atomic E-state index is 0.126. The summed E-state index contributed by atoms with van der Waals surface area (Å²) in [6, 6.07) is 1.76. The first kappa shape index (κ1) is 15.1. The zero-order valence-corrected chi connectivity index (χ0v) is 10.6. The Morgan fingerprint density at radius 2 is 2.00 bits per heavy atom. The maximum Gasteiger partial charge on any atom is 0.290 e. The SMILES string of the molecule is CNC(=O)c1cc(C)c(NC(C)=O)s1.O=CO. The van der Waals surface area contributed by atoms with Crippen molar-refractivity contribution in [2.75, 3.05) is 12.4 Å². The van der Waals surface area contributed by atoms with Gasteiger partial charge in [0.2, 0.25) is 5.91 Å². The Morgan fingerprint density at radius 3 is 2.41 bits per heavy atom. The summed E-state index contributed by atoms with van der Waals surface area (Å²) >= 11 is 1.28. The Balaban J connectivity index is 0.000000770. The molecule has 1 aromatic rings. The van der Waals surface area contributed by atoms with Crippen LogP contribution in [0.2, 0.25) is 0 Å². The number of nitrogens with one attached hydrogen (secondary N) is 2. The molecule has 2 amide bonds. The number of hydrogen-bond acceptors (Lipinski definition) is 4. The number of carboxylic acid groups (broad SMARTS) is 1. The Hall–Kier alpha value is -1.89. The van der Waals surface area contributed by atoms with Crippen LogP contribution in [0, 0.1) is 6.92 Å². The van der Waals surface area contributed by atoms with Gasteiger partial charge in [-0.15, -0.1) is 11.3 Å². The zero-order chi connectivity index (χ0) is 13.4. The molecule has 0 unspecified atom stereocenters. The standard InChI is InChI=1S/C9H12N2O2S.CH2O2/c1-5-4-7(8(13)10-3)14-9(5)11-6(2)12;2-1-3/h4H,1-3H3,(H,10,13)(H,11,12);1H,(H,2,3). The summed E-state index contributed by atoms with van der Waals surface area (Å²) in [4.78, 5) is 31.0. The number of carbonyl (C=O) groups excluding carboxylic acids is 2. The number of amides is 2. The average Bonchev–Trinajstić information content (AvgIpc) is 2.59. The summed E-state index contributed by atoms with van der Waals surface area (Å²) in [5.41, 5.74) is 0.906. The molecule has 0 bridgehead atoms. The lowest BCUT2D eigenvalue weighted by Crippen LogP contribution is -2.16. The molecule has 1 rings (SSSR count). The highest BCUT2D eigenvalue weighted by molar-refractivity contribution is 7.18. The summed E-state index contributed by atoms with van der Waals surface area (Å²) in [6.45, 7) is 3.05. The normalized spacial score (nSPS) is 8.65. The van der Waals surface area contributed by atoms with E-state index in [1.54, 1.807) is 13.1 Å². The number of aryl methyl sites for hydroxylation is 1. The first-order valence-electron chi connectivity index (χ1n) is 4.64. The Bertz CT molecular complexity index is 414. The fraction of sp³-hybridized carbons (Fsp3) is 0.300. The van der Waals surface area contributed by atoms with E-state index < -0.39 is 0 Å². The van der Waals surface area contributed by atoms with Crippen LogP contribution in [-0.4, -0.2) is 30.4 Å². The molecule has 17 heavy (non-hydrogen) atoms. The molecule has 3 N–H and O–H groups in total. The van der Waals surface area contributed by atoms with Gasteiger partial charge in [-0.3, -0.25) is 14.4 Å². The van der Waals surface area contributed by atoms with E-state index in [1.807, 2.05) is 6.92 Å². The van der Waals surface area contributed by atoms with Crippen molar-refractivity contribution in [3.05, 3.63) is 16.5 Å². The highest BCUT2D eigenvalue weighted by Gasteiger charge is 2.11. The van der Waals surface area contributed by atoms with Crippen LogP contribution in [-0.2, 0) is 9.59 Å². The van der Waals surface area contributed by atoms with Gasteiger partial charge in [-0.25, -0.2) is 0 Å². The van der Waals surface area contributed by atoms with Gasteiger partial charge in [0.25, 0.3) is 12.4 Å². The van der Waals surface area contributed by atoms with Crippen LogP contribution in [0.3, 0.4) is 0 Å². The van der Waals surface area contributed by atoms with Crippen LogP contribution in [0.15, 0.2) is 6.07 Å². The van der Waals surface area contributed by atoms with Gasteiger partial charge in [-0.05, 0) is 18.6 Å². The van der Waals surface area contributed by atoms with Gasteiger partial charge in [-0.2, -0.15) is 0 Å². The molecule has 0 aliphatic carbocycles. The van der Waals surface area contributed by atoms with Crippen LogP contribution in [0.5, 0.6) is 0 Å². The predicted octanol–water partition coefficient (Wildman–Crippen LogP) is 1.08. The van der Waals surface area contributed by atoms with E-state index in [2.05, 4.69) is 10.6 Å². The summed E-state index contributed by atoms with van der Waals surface area (Å²) in [5, 5.41) is 12.8. The van der Waals surface area contributed by atoms with Crippen molar-refractivity contribution in [1.29, 1.82) is 0 Å². The van der Waals surface area contributed by atoms with Gasteiger partial charge in [-0.1, -0.05) is 0 Å². The molecule has 6 nitrogen and oxygen atoms in total. The summed E-state index contributed by atoms with van der Waals surface area (Å²) < 4.78 is 0. The first-order valence-corrected chi connectivity index (χ1v) is 5.45. The van der Waals surface area contributed by atoms with E-state index in [9.17, 15) is 9.59 Å². The van der Waals surface area contributed by atoms with Crippen molar-refractivity contribution in [2.45, 2.75) is 13.8 Å². The molecule has 1 heterocycles. The second-order valence-corrected chi connectivity index (χ2v) is 4.04. The molecular formula is C10H14N2O4S. The molecule has 0 aliphatic heterocycles. The molecule has 94 valence electrons. The Morgan fingerprint density at radius 1 is 1.47 bits per heavy atom. The van der Waals surface area contributed by atoms with Crippen LogP contribution >= 0.6 is 11.3 Å². The zero-order valence-electron chi connectivity index (χ0n) is 9.73. The van der Waals surface area contributed by atoms with Crippen molar-refractivity contribution in [3.8, 4) is 0 Å². The fourth-order valence-electron chi connectivity index (χ4n) is 1.00. The van der Waals surface area contributed by atoms with E-state index in [0.29, 0.717) is 4.88 Å².